The SMILES string of the molecule is CC(=O)OC[C@H]1O[C@@H](F)[C@H](OC(C)=O)[C@@H](OC(C)=O)[C@@H]1O[C@@H]1O[C@H](COC(C)=O)[C@@H](O[C@@H]2O[C@H](COC(C)=O)[C@@H](OC(C)=O)[C@H](OC(C)=O)[C@H]2OC(C)=O)[C@H](OC(C)=O)[C@H]1OC(C)=O. The molecule has 15 atom stereocenters. The Kier molecular flexibility index (Phi) is 19.7. The highest BCUT2D eigenvalue weighted by Crippen LogP contribution is 2.38. The van der Waals surface area contributed by atoms with Gasteiger partial charge in [0.05, 0.1) is 0 Å². The predicted octanol–water partition coefficient (Wildman–Crippen LogP) is -0.888. The quantitative estimate of drug-likeness (QED) is 0.126. The number of rotatable bonds is 17. The van der Waals surface area contributed by atoms with Crippen molar-refractivity contribution in [3.05, 3.63) is 0 Å². The Morgan fingerprint density at radius 1 is 0.328 bits per heavy atom. The summed E-state index contributed by atoms with van der Waals surface area (Å²) in [6.07, 6.45) is -28.5. The molecule has 0 unspecified atom stereocenters. The normalized spacial score (nSPS) is 32.3. The summed E-state index contributed by atoms with van der Waals surface area (Å²) in [5.41, 5.74) is 0. The number of carbonyl (C=O) groups is 10. The first-order chi connectivity index (χ1) is 29.9. The molecule has 3 aliphatic heterocycles. The van der Waals surface area contributed by atoms with Gasteiger partial charge in [-0.2, -0.15) is 0 Å². The monoisotopic (exact) mass is 926 g/mol. The molecule has 0 radical (unpaired) electrons. The number of carbonyl (C=O) groups excluding carboxylic acids is 10. The molecular weight excluding hydrogens is 875 g/mol. The summed E-state index contributed by atoms with van der Waals surface area (Å²) in [4.78, 5) is 124. The average Bonchev–Trinajstić information content (AvgIpc) is 3.15. The molecule has 0 amide bonds. The molecule has 26 heteroatoms. The van der Waals surface area contributed by atoms with Gasteiger partial charge in [-0.05, 0) is 0 Å². The first-order valence-corrected chi connectivity index (χ1v) is 19.4. The van der Waals surface area contributed by atoms with Crippen molar-refractivity contribution >= 4 is 59.7 Å². The van der Waals surface area contributed by atoms with E-state index in [2.05, 4.69) is 0 Å². The fraction of sp³-hybridized carbons (Fsp3) is 0.737. The number of alkyl halides is 1. The first kappa shape index (κ1) is 52.8. The molecule has 0 aliphatic carbocycles. The summed E-state index contributed by atoms with van der Waals surface area (Å²) in [5.74, 6) is -9.86. The Bertz CT molecular complexity index is 1740. The van der Waals surface area contributed by atoms with Crippen LogP contribution in [0.5, 0.6) is 0 Å². The second kappa shape index (κ2) is 23.9. The summed E-state index contributed by atoms with van der Waals surface area (Å²) in [6.45, 7) is 7.35. The molecule has 0 N–H and O–H groups in total. The molecule has 3 saturated heterocycles. The van der Waals surface area contributed by atoms with Crippen LogP contribution in [-0.2, 0) is 119 Å². The first-order valence-electron chi connectivity index (χ1n) is 19.4. The van der Waals surface area contributed by atoms with Gasteiger partial charge < -0.3 is 71.1 Å². The third kappa shape index (κ3) is 15.6. The van der Waals surface area contributed by atoms with E-state index >= 15 is 4.39 Å². The smallest absolute Gasteiger partial charge is 0.303 e. The van der Waals surface area contributed by atoms with E-state index in [4.69, 9.17) is 71.1 Å². The number of hydrogen-bond donors (Lipinski definition) is 0. The van der Waals surface area contributed by atoms with Gasteiger partial charge in [-0.25, -0.2) is 4.39 Å². The van der Waals surface area contributed by atoms with Crippen LogP contribution in [0, 0.1) is 0 Å². The Morgan fingerprint density at radius 3 is 0.906 bits per heavy atom. The van der Waals surface area contributed by atoms with Crippen LogP contribution in [0.25, 0.3) is 0 Å². The van der Waals surface area contributed by atoms with Crippen LogP contribution >= 0.6 is 0 Å². The van der Waals surface area contributed by atoms with E-state index in [1.807, 2.05) is 0 Å². The average molecular weight is 927 g/mol. The molecule has 0 saturated carbocycles. The van der Waals surface area contributed by atoms with Gasteiger partial charge in [-0.3, -0.25) is 47.9 Å². The largest absolute Gasteiger partial charge is 0.463 e. The van der Waals surface area contributed by atoms with Crippen molar-refractivity contribution in [2.75, 3.05) is 19.8 Å². The zero-order valence-corrected chi connectivity index (χ0v) is 36.4. The maximum atomic E-state index is 15.6. The lowest BCUT2D eigenvalue weighted by molar-refractivity contribution is -0.376. The molecule has 0 aromatic heterocycles. The van der Waals surface area contributed by atoms with Crippen molar-refractivity contribution in [2.24, 2.45) is 0 Å². The lowest BCUT2D eigenvalue weighted by atomic mass is 9.95. The maximum Gasteiger partial charge on any atom is 0.303 e. The van der Waals surface area contributed by atoms with Crippen LogP contribution in [-0.4, -0.2) is 172 Å². The Labute approximate surface area is 364 Å². The minimum absolute atomic E-state index is 0.690. The van der Waals surface area contributed by atoms with Gasteiger partial charge in [-0.1, -0.05) is 0 Å². The van der Waals surface area contributed by atoms with Gasteiger partial charge >= 0.3 is 59.7 Å². The van der Waals surface area contributed by atoms with Crippen molar-refractivity contribution < 1.29 is 123 Å². The minimum Gasteiger partial charge on any atom is -0.463 e. The highest BCUT2D eigenvalue weighted by Gasteiger charge is 2.60. The van der Waals surface area contributed by atoms with E-state index in [0.717, 1.165) is 69.2 Å². The second-order valence-electron chi connectivity index (χ2n) is 14.2. The van der Waals surface area contributed by atoms with Crippen LogP contribution in [0.3, 0.4) is 0 Å². The molecule has 0 aromatic rings. The summed E-state index contributed by atoms with van der Waals surface area (Å²) in [6, 6.07) is 0. The van der Waals surface area contributed by atoms with E-state index in [1.54, 1.807) is 0 Å². The third-order valence-corrected chi connectivity index (χ3v) is 8.81. The molecule has 3 rings (SSSR count). The fourth-order valence-electron chi connectivity index (χ4n) is 6.74. The number of hydrogen-bond acceptors (Lipinski definition) is 25. The van der Waals surface area contributed by atoms with Crippen molar-refractivity contribution in [3.8, 4) is 0 Å². The Morgan fingerprint density at radius 2 is 0.578 bits per heavy atom. The van der Waals surface area contributed by atoms with Crippen molar-refractivity contribution in [3.63, 3.8) is 0 Å². The number of halogens is 1. The number of esters is 10. The van der Waals surface area contributed by atoms with Crippen molar-refractivity contribution in [1.29, 1.82) is 0 Å². The van der Waals surface area contributed by atoms with Crippen molar-refractivity contribution in [2.45, 2.75) is 161 Å². The van der Waals surface area contributed by atoms with Gasteiger partial charge in [0.25, 0.3) is 0 Å². The topological polar surface area (TPSA) is 309 Å². The van der Waals surface area contributed by atoms with Crippen LogP contribution in [0.4, 0.5) is 4.39 Å². The van der Waals surface area contributed by atoms with Gasteiger partial charge in [0.15, 0.2) is 55.3 Å². The van der Waals surface area contributed by atoms with E-state index in [0.29, 0.717) is 0 Å². The van der Waals surface area contributed by atoms with Gasteiger partial charge in [0.2, 0.25) is 6.36 Å². The molecule has 25 nitrogen and oxygen atoms in total. The third-order valence-electron chi connectivity index (χ3n) is 8.81. The fourth-order valence-corrected chi connectivity index (χ4v) is 6.74. The molecule has 0 bridgehead atoms. The van der Waals surface area contributed by atoms with Gasteiger partial charge in [-0.15, -0.1) is 0 Å². The summed E-state index contributed by atoms with van der Waals surface area (Å²) >= 11 is 0. The Hall–Kier alpha value is -5.57. The maximum absolute atomic E-state index is 15.6. The molecule has 360 valence electrons. The molecule has 3 heterocycles. The standard InChI is InChI=1S/C38H51FO25/c1-14(40)50-11-24-28(30(54-18(5)44)33(36(39)60-24)57-21(8)47)63-38-35(59-23(10)49)32(56-20(7)46)29(26(62-38)13-52-16(3)42)64-37-34(58-22(9)48)31(55-19(6)45)27(53-17(4)43)25(61-37)12-51-15(2)41/h24-38H,11-13H2,1-10H3/t24-,25-,26-,27-,28-,29-,30+,31+,32+,33-,34-,35-,36-,37+,38+/m1/s1. The zero-order valence-electron chi connectivity index (χ0n) is 36.4. The molecule has 0 spiro atoms. The lowest BCUT2D eigenvalue weighted by Gasteiger charge is -2.50. The highest BCUT2D eigenvalue weighted by atomic mass is 19.1. The summed E-state index contributed by atoms with van der Waals surface area (Å²) < 4.78 is 99.1. The molecular formula is C38H51FO25. The number of ether oxygens (including phenoxy) is 15. The van der Waals surface area contributed by atoms with Gasteiger partial charge in [0, 0.05) is 69.2 Å². The van der Waals surface area contributed by atoms with E-state index in [9.17, 15) is 47.9 Å². The molecule has 3 fully saturated rings. The van der Waals surface area contributed by atoms with Crippen molar-refractivity contribution in [1.82, 2.24) is 0 Å². The van der Waals surface area contributed by atoms with Crippen LogP contribution in [0.2, 0.25) is 0 Å². The lowest BCUT2D eigenvalue weighted by Crippen LogP contribution is -2.68. The van der Waals surface area contributed by atoms with Crippen LogP contribution in [0.15, 0.2) is 0 Å². The molecule has 64 heavy (non-hydrogen) atoms. The van der Waals surface area contributed by atoms with E-state index < -0.39 is 172 Å². The Balaban J connectivity index is 2.28. The van der Waals surface area contributed by atoms with Crippen LogP contribution in [0.1, 0.15) is 69.2 Å². The minimum atomic E-state index is -2.52. The summed E-state index contributed by atoms with van der Waals surface area (Å²) in [5, 5.41) is 0. The zero-order chi connectivity index (χ0) is 48.2. The molecule has 0 aromatic carbocycles. The summed E-state index contributed by atoms with van der Waals surface area (Å²) in [7, 11) is 0. The van der Waals surface area contributed by atoms with E-state index in [1.165, 1.54) is 0 Å². The van der Waals surface area contributed by atoms with Crippen LogP contribution < -0.4 is 0 Å². The highest BCUT2D eigenvalue weighted by molar-refractivity contribution is 5.70. The molecule has 3 aliphatic rings. The predicted molar refractivity (Wildman–Crippen MR) is 196 cm³/mol. The second-order valence-corrected chi connectivity index (χ2v) is 14.2. The van der Waals surface area contributed by atoms with Gasteiger partial charge in [0.1, 0.15) is 50.3 Å². The van der Waals surface area contributed by atoms with E-state index in [-0.39, 0.29) is 0 Å².